The minimum Gasteiger partial charge on any atom is -0.366 e. The van der Waals surface area contributed by atoms with E-state index in [1.54, 1.807) is 24.3 Å². The van der Waals surface area contributed by atoms with Gasteiger partial charge in [0.15, 0.2) is 0 Å². The summed E-state index contributed by atoms with van der Waals surface area (Å²) in [4.78, 5) is 28.2. The van der Waals surface area contributed by atoms with Gasteiger partial charge in [-0.2, -0.15) is 0 Å². The number of hydrogen-bond acceptors (Lipinski definition) is 3. The smallest absolute Gasteiger partial charge is 0.255 e. The molecular weight excluding hydrogens is 469 g/mol. The lowest BCUT2D eigenvalue weighted by molar-refractivity contribution is 0.0948. The Labute approximate surface area is 210 Å². The van der Waals surface area contributed by atoms with Crippen LogP contribution in [0.15, 0.2) is 60.7 Å². The highest BCUT2D eigenvalue weighted by molar-refractivity contribution is 6.35. The Bertz CT molecular complexity index is 1210. The molecule has 2 N–H and O–H groups in total. The molecule has 0 bridgehead atoms. The number of amides is 2. The summed E-state index contributed by atoms with van der Waals surface area (Å²) in [7, 11) is 0. The minimum absolute atomic E-state index is 0.163. The maximum Gasteiger partial charge on any atom is 0.255 e. The van der Waals surface area contributed by atoms with E-state index in [-0.39, 0.29) is 11.8 Å². The zero-order valence-electron chi connectivity index (χ0n) is 19.2. The molecule has 0 fully saturated rings. The number of carbonyl (C=O) groups excluding carboxylic acids is 2. The Morgan fingerprint density at radius 1 is 0.941 bits per heavy atom. The van der Waals surface area contributed by atoms with Crippen LogP contribution in [-0.4, -0.2) is 24.9 Å². The van der Waals surface area contributed by atoms with E-state index in [2.05, 4.69) is 47.6 Å². The Kier molecular flexibility index (Phi) is 7.44. The van der Waals surface area contributed by atoms with E-state index in [0.29, 0.717) is 39.3 Å². The molecule has 0 atom stereocenters. The lowest BCUT2D eigenvalue weighted by Gasteiger charge is -2.32. The molecular formula is C27H27Cl2N3O2. The SMILES string of the molecule is CC(C)CNC(=O)c1cc(NC(=O)c2cc(Cl)cc(Cl)c2)ccc1N1CCc2ccccc2C1. The summed E-state index contributed by atoms with van der Waals surface area (Å²) >= 11 is 12.1. The van der Waals surface area contributed by atoms with Crippen LogP contribution in [0.3, 0.4) is 0 Å². The normalized spacial score (nSPS) is 12.9. The molecule has 0 aliphatic carbocycles. The van der Waals surface area contributed by atoms with Crippen LogP contribution in [0.1, 0.15) is 45.7 Å². The van der Waals surface area contributed by atoms with Crippen LogP contribution in [0.2, 0.25) is 10.0 Å². The molecule has 1 heterocycles. The lowest BCUT2D eigenvalue weighted by atomic mass is 9.98. The topological polar surface area (TPSA) is 61.4 Å². The van der Waals surface area contributed by atoms with E-state index < -0.39 is 0 Å². The van der Waals surface area contributed by atoms with Gasteiger partial charge in [0.25, 0.3) is 11.8 Å². The number of benzene rings is 3. The molecule has 0 radical (unpaired) electrons. The highest BCUT2D eigenvalue weighted by atomic mass is 35.5. The Morgan fingerprint density at radius 3 is 2.35 bits per heavy atom. The van der Waals surface area contributed by atoms with Crippen molar-refractivity contribution in [2.24, 2.45) is 5.92 Å². The van der Waals surface area contributed by atoms with Crippen molar-refractivity contribution < 1.29 is 9.59 Å². The van der Waals surface area contributed by atoms with E-state index in [4.69, 9.17) is 23.2 Å². The van der Waals surface area contributed by atoms with Gasteiger partial charge in [0.2, 0.25) is 0 Å². The standard InChI is InChI=1S/C27H27Cl2N3O2/c1-17(2)15-30-27(34)24-14-23(31-26(33)20-11-21(28)13-22(29)12-20)7-8-25(24)32-10-9-18-5-3-4-6-19(18)16-32/h3-8,11-14,17H,9-10,15-16H2,1-2H3,(H,30,34)(H,31,33). The van der Waals surface area contributed by atoms with Gasteiger partial charge in [0.1, 0.15) is 0 Å². The summed E-state index contributed by atoms with van der Waals surface area (Å²) in [6, 6.07) is 18.5. The number of nitrogens with zero attached hydrogens (tertiary/aromatic N) is 1. The fourth-order valence-electron chi connectivity index (χ4n) is 4.05. The van der Waals surface area contributed by atoms with Crippen LogP contribution in [0.5, 0.6) is 0 Å². The first-order valence-corrected chi connectivity index (χ1v) is 12.1. The van der Waals surface area contributed by atoms with Gasteiger partial charge >= 0.3 is 0 Å². The summed E-state index contributed by atoms with van der Waals surface area (Å²) < 4.78 is 0. The van der Waals surface area contributed by atoms with Crippen molar-refractivity contribution in [2.45, 2.75) is 26.8 Å². The molecule has 0 spiro atoms. The minimum atomic E-state index is -0.349. The number of rotatable bonds is 6. The third-order valence-electron chi connectivity index (χ3n) is 5.77. The van der Waals surface area contributed by atoms with Crippen LogP contribution < -0.4 is 15.5 Å². The van der Waals surface area contributed by atoms with Crippen molar-refractivity contribution in [3.8, 4) is 0 Å². The molecule has 7 heteroatoms. The fraction of sp³-hybridized carbons (Fsp3) is 0.259. The lowest BCUT2D eigenvalue weighted by Crippen LogP contribution is -2.34. The van der Waals surface area contributed by atoms with E-state index >= 15 is 0 Å². The number of fused-ring (bicyclic) bond motifs is 1. The molecule has 0 unspecified atom stereocenters. The van der Waals surface area contributed by atoms with Crippen LogP contribution in [0.4, 0.5) is 11.4 Å². The first-order chi connectivity index (χ1) is 16.3. The van der Waals surface area contributed by atoms with E-state index in [0.717, 1.165) is 25.2 Å². The van der Waals surface area contributed by atoms with Gasteiger partial charge < -0.3 is 15.5 Å². The predicted molar refractivity (Wildman–Crippen MR) is 139 cm³/mol. The first-order valence-electron chi connectivity index (χ1n) is 11.3. The molecule has 4 rings (SSSR count). The fourth-order valence-corrected chi connectivity index (χ4v) is 4.58. The molecule has 34 heavy (non-hydrogen) atoms. The van der Waals surface area contributed by atoms with Crippen LogP contribution in [0.25, 0.3) is 0 Å². The second kappa shape index (κ2) is 10.5. The Hall–Kier alpha value is -3.02. The monoisotopic (exact) mass is 495 g/mol. The molecule has 0 saturated heterocycles. The van der Waals surface area contributed by atoms with Crippen LogP contribution in [-0.2, 0) is 13.0 Å². The number of anilines is 2. The van der Waals surface area contributed by atoms with Gasteiger partial charge in [-0.25, -0.2) is 0 Å². The zero-order chi connectivity index (χ0) is 24.2. The third-order valence-corrected chi connectivity index (χ3v) is 6.20. The molecule has 0 saturated carbocycles. The van der Waals surface area contributed by atoms with E-state index in [1.165, 1.54) is 11.1 Å². The summed E-state index contributed by atoms with van der Waals surface area (Å²) in [5.41, 5.74) is 4.85. The highest BCUT2D eigenvalue weighted by Crippen LogP contribution is 2.30. The molecule has 1 aliphatic heterocycles. The summed E-state index contributed by atoms with van der Waals surface area (Å²) in [6.07, 6.45) is 0.914. The van der Waals surface area contributed by atoms with E-state index in [1.807, 2.05) is 18.2 Å². The van der Waals surface area contributed by atoms with Crippen molar-refractivity contribution >= 4 is 46.4 Å². The molecule has 5 nitrogen and oxygen atoms in total. The maximum absolute atomic E-state index is 13.2. The highest BCUT2D eigenvalue weighted by Gasteiger charge is 2.22. The van der Waals surface area contributed by atoms with Crippen molar-refractivity contribution in [3.05, 3.63) is 93.0 Å². The largest absolute Gasteiger partial charge is 0.366 e. The van der Waals surface area contributed by atoms with Crippen molar-refractivity contribution in [3.63, 3.8) is 0 Å². The van der Waals surface area contributed by atoms with Crippen LogP contribution >= 0.6 is 23.2 Å². The van der Waals surface area contributed by atoms with Crippen LogP contribution in [0, 0.1) is 5.92 Å². The summed E-state index contributed by atoms with van der Waals surface area (Å²) in [5, 5.41) is 6.64. The predicted octanol–water partition coefficient (Wildman–Crippen LogP) is 6.19. The van der Waals surface area contributed by atoms with Gasteiger partial charge in [-0.05, 0) is 59.9 Å². The van der Waals surface area contributed by atoms with E-state index in [9.17, 15) is 9.59 Å². The molecule has 3 aromatic rings. The Balaban J connectivity index is 1.63. The second-order valence-electron chi connectivity index (χ2n) is 8.89. The van der Waals surface area contributed by atoms with Crippen molar-refractivity contribution in [1.82, 2.24) is 5.32 Å². The van der Waals surface area contributed by atoms with Gasteiger partial charge in [-0.1, -0.05) is 61.3 Å². The summed E-state index contributed by atoms with van der Waals surface area (Å²) in [6.45, 7) is 6.21. The Morgan fingerprint density at radius 2 is 1.65 bits per heavy atom. The zero-order valence-corrected chi connectivity index (χ0v) is 20.7. The van der Waals surface area contributed by atoms with Crippen molar-refractivity contribution in [2.75, 3.05) is 23.3 Å². The molecule has 1 aliphatic rings. The molecule has 0 aromatic heterocycles. The third kappa shape index (κ3) is 5.72. The van der Waals surface area contributed by atoms with Gasteiger partial charge in [0, 0.05) is 46.6 Å². The van der Waals surface area contributed by atoms with Gasteiger partial charge in [-0.3, -0.25) is 9.59 Å². The molecule has 176 valence electrons. The van der Waals surface area contributed by atoms with Gasteiger partial charge in [-0.15, -0.1) is 0 Å². The second-order valence-corrected chi connectivity index (χ2v) is 9.76. The van der Waals surface area contributed by atoms with Crippen molar-refractivity contribution in [1.29, 1.82) is 0 Å². The number of carbonyl (C=O) groups is 2. The summed E-state index contributed by atoms with van der Waals surface area (Å²) in [5.74, 6) is -0.188. The number of hydrogen-bond donors (Lipinski definition) is 2. The molecule has 2 amide bonds. The maximum atomic E-state index is 13.2. The number of nitrogens with one attached hydrogen (secondary N) is 2. The first kappa shape index (κ1) is 24.1. The van der Waals surface area contributed by atoms with Gasteiger partial charge in [0.05, 0.1) is 5.56 Å². The average molecular weight is 496 g/mol. The average Bonchev–Trinajstić information content (AvgIpc) is 2.81. The quantitative estimate of drug-likeness (QED) is 0.428. The molecule has 3 aromatic carbocycles. The number of halogens is 2.